The summed E-state index contributed by atoms with van der Waals surface area (Å²) in [6, 6.07) is 12.5. The van der Waals surface area contributed by atoms with E-state index in [1.54, 1.807) is 30.3 Å². The van der Waals surface area contributed by atoms with Gasteiger partial charge in [0.05, 0.1) is 17.1 Å². The molecule has 0 aliphatic carbocycles. The van der Waals surface area contributed by atoms with E-state index in [1.165, 1.54) is 7.11 Å². The maximum absolute atomic E-state index is 12.3. The number of carbonyl (C=O) groups excluding carboxylic acids is 1. The van der Waals surface area contributed by atoms with E-state index in [2.05, 4.69) is 37.2 Å². The highest BCUT2D eigenvalue weighted by Gasteiger charge is 2.14. The summed E-state index contributed by atoms with van der Waals surface area (Å²) < 4.78 is 18.3. The normalized spacial score (nSPS) is 10.7. The second-order valence-electron chi connectivity index (χ2n) is 6.21. The Balaban J connectivity index is 1.69. The van der Waals surface area contributed by atoms with Crippen LogP contribution in [0.15, 0.2) is 55.8 Å². The fourth-order valence-electron chi connectivity index (χ4n) is 2.79. The number of hydrogen-bond acceptors (Lipinski definition) is 5. The highest BCUT2D eigenvalue weighted by atomic mass is 79.9. The van der Waals surface area contributed by atoms with Crippen molar-refractivity contribution < 1.29 is 23.8 Å². The molecule has 0 bridgehead atoms. The molecule has 1 aromatic heterocycles. The van der Waals surface area contributed by atoms with Gasteiger partial charge in [-0.15, -0.1) is 0 Å². The summed E-state index contributed by atoms with van der Waals surface area (Å²) >= 11 is 6.86. The Bertz CT molecular complexity index is 1010. The summed E-state index contributed by atoms with van der Waals surface area (Å²) in [5.41, 5.74) is 2.20. The lowest BCUT2D eigenvalue weighted by Crippen LogP contribution is -2.20. The predicted molar refractivity (Wildman–Crippen MR) is 117 cm³/mol. The molecule has 152 valence electrons. The lowest BCUT2D eigenvalue weighted by molar-refractivity contribution is -0.118. The lowest BCUT2D eigenvalue weighted by atomic mass is 10.1. The minimum atomic E-state index is -0.297. The van der Waals surface area contributed by atoms with Crippen molar-refractivity contribution >= 4 is 43.5 Å². The molecule has 0 spiro atoms. The lowest BCUT2D eigenvalue weighted by Gasteiger charge is -2.13. The topological polar surface area (TPSA) is 80.9 Å². The molecule has 0 atom stereocenters. The van der Waals surface area contributed by atoms with Crippen molar-refractivity contribution in [3.63, 3.8) is 0 Å². The molecule has 0 saturated carbocycles. The van der Waals surface area contributed by atoms with Crippen LogP contribution in [0.3, 0.4) is 0 Å². The number of rotatable bonds is 7. The van der Waals surface area contributed by atoms with E-state index < -0.39 is 0 Å². The van der Waals surface area contributed by atoms with Crippen molar-refractivity contribution in [1.82, 2.24) is 0 Å². The van der Waals surface area contributed by atoms with Crippen LogP contribution in [0.4, 0.5) is 5.69 Å². The molecule has 2 N–H and O–H groups in total. The molecule has 2 aromatic carbocycles. The van der Waals surface area contributed by atoms with Crippen LogP contribution in [-0.4, -0.2) is 24.7 Å². The van der Waals surface area contributed by atoms with Gasteiger partial charge < -0.3 is 24.3 Å². The fourth-order valence-corrected chi connectivity index (χ4v) is 4.34. The molecule has 6 nitrogen and oxygen atoms in total. The Morgan fingerprint density at radius 1 is 1.17 bits per heavy atom. The Morgan fingerprint density at radius 3 is 2.62 bits per heavy atom. The monoisotopic (exact) mass is 523 g/mol. The van der Waals surface area contributed by atoms with Crippen LogP contribution >= 0.6 is 31.9 Å². The number of methoxy groups -OCH3 is 1. The molecule has 0 aliphatic heterocycles. The number of furan rings is 1. The van der Waals surface area contributed by atoms with Gasteiger partial charge in [0.2, 0.25) is 0 Å². The number of amides is 1. The van der Waals surface area contributed by atoms with E-state index in [4.69, 9.17) is 19.0 Å². The average Bonchev–Trinajstić information content (AvgIpc) is 3.16. The van der Waals surface area contributed by atoms with Gasteiger partial charge in [0, 0.05) is 16.2 Å². The first-order valence-electron chi connectivity index (χ1n) is 8.67. The van der Waals surface area contributed by atoms with Crippen LogP contribution in [0, 0.1) is 6.92 Å². The summed E-state index contributed by atoms with van der Waals surface area (Å²) in [6.45, 7) is 1.59. The molecule has 0 unspecified atom stereocenters. The smallest absolute Gasteiger partial charge is 0.262 e. The minimum Gasteiger partial charge on any atom is -0.496 e. The van der Waals surface area contributed by atoms with Gasteiger partial charge in [-0.25, -0.2) is 0 Å². The number of aliphatic hydroxyl groups is 1. The van der Waals surface area contributed by atoms with E-state index in [0.717, 1.165) is 20.1 Å². The Hall–Kier alpha value is -2.29. The van der Waals surface area contributed by atoms with Gasteiger partial charge in [-0.05, 0) is 64.8 Å². The van der Waals surface area contributed by atoms with Crippen LogP contribution in [0.2, 0.25) is 0 Å². The molecule has 3 aromatic rings. The zero-order valence-electron chi connectivity index (χ0n) is 15.8. The molecule has 8 heteroatoms. The largest absolute Gasteiger partial charge is 0.496 e. The number of anilines is 1. The van der Waals surface area contributed by atoms with Crippen LogP contribution < -0.4 is 14.8 Å². The van der Waals surface area contributed by atoms with Gasteiger partial charge in [-0.1, -0.05) is 15.9 Å². The van der Waals surface area contributed by atoms with Gasteiger partial charge >= 0.3 is 0 Å². The van der Waals surface area contributed by atoms with E-state index in [1.807, 2.05) is 19.1 Å². The van der Waals surface area contributed by atoms with Gasteiger partial charge in [0.25, 0.3) is 5.91 Å². The van der Waals surface area contributed by atoms with E-state index >= 15 is 0 Å². The first-order valence-corrected chi connectivity index (χ1v) is 10.3. The van der Waals surface area contributed by atoms with E-state index in [0.29, 0.717) is 28.7 Å². The molecule has 0 aliphatic rings. The number of hydrogen-bond donors (Lipinski definition) is 2. The maximum atomic E-state index is 12.3. The number of aryl methyl sites for hydroxylation is 1. The van der Waals surface area contributed by atoms with Crippen molar-refractivity contribution in [2.45, 2.75) is 13.5 Å². The Morgan fingerprint density at radius 2 is 1.97 bits per heavy atom. The molecule has 0 radical (unpaired) electrons. The summed E-state index contributed by atoms with van der Waals surface area (Å²) in [4.78, 5) is 12.3. The number of carbonyl (C=O) groups is 1. The van der Waals surface area contributed by atoms with Crippen LogP contribution in [0.25, 0.3) is 11.3 Å². The van der Waals surface area contributed by atoms with Crippen molar-refractivity contribution in [2.24, 2.45) is 0 Å². The number of benzene rings is 2. The Kier molecular flexibility index (Phi) is 7.00. The molecular formula is C21H19Br2NO5. The quantitative estimate of drug-likeness (QED) is 0.438. The van der Waals surface area contributed by atoms with Gasteiger partial charge in [0.1, 0.15) is 29.6 Å². The zero-order chi connectivity index (χ0) is 21.0. The third-order valence-corrected chi connectivity index (χ3v) is 5.16. The van der Waals surface area contributed by atoms with E-state index in [-0.39, 0.29) is 19.1 Å². The second-order valence-corrected chi connectivity index (χ2v) is 7.98. The fraction of sp³-hybridized carbons (Fsp3) is 0.190. The highest BCUT2D eigenvalue weighted by Crippen LogP contribution is 2.34. The third kappa shape index (κ3) is 5.20. The molecule has 1 heterocycles. The van der Waals surface area contributed by atoms with Gasteiger partial charge in [0.15, 0.2) is 6.61 Å². The third-order valence-electron chi connectivity index (χ3n) is 4.11. The zero-order valence-corrected chi connectivity index (χ0v) is 19.0. The molecule has 3 rings (SSSR count). The van der Waals surface area contributed by atoms with Crippen LogP contribution in [0.1, 0.15) is 11.3 Å². The average molecular weight is 525 g/mol. The number of nitrogens with one attached hydrogen (secondary N) is 1. The number of ether oxygens (including phenoxy) is 2. The second kappa shape index (κ2) is 9.47. The summed E-state index contributed by atoms with van der Waals surface area (Å²) in [5, 5.41) is 12.0. The summed E-state index contributed by atoms with van der Waals surface area (Å²) in [7, 11) is 1.54. The van der Waals surface area contributed by atoms with E-state index in [9.17, 15) is 4.79 Å². The number of halogens is 2. The molecular weight excluding hydrogens is 506 g/mol. The maximum Gasteiger partial charge on any atom is 0.262 e. The first kappa shape index (κ1) is 21.4. The van der Waals surface area contributed by atoms with Crippen molar-refractivity contribution in [2.75, 3.05) is 19.0 Å². The Labute approximate surface area is 185 Å². The molecule has 0 fully saturated rings. The molecule has 1 amide bonds. The number of aliphatic hydroxyl groups excluding tert-OH is 1. The summed E-state index contributed by atoms with van der Waals surface area (Å²) in [5.74, 6) is 1.89. The minimum absolute atomic E-state index is 0.136. The SMILES string of the molecule is COc1cc(NC(=O)COc2c(C)cc(Br)cc2Br)ccc1-c1ccc(CO)o1. The predicted octanol–water partition coefficient (Wildman–Crippen LogP) is 5.30. The van der Waals surface area contributed by atoms with Crippen LogP contribution in [0.5, 0.6) is 11.5 Å². The summed E-state index contributed by atoms with van der Waals surface area (Å²) in [6.07, 6.45) is 0. The van der Waals surface area contributed by atoms with Gasteiger partial charge in [-0.3, -0.25) is 4.79 Å². The van der Waals surface area contributed by atoms with Gasteiger partial charge in [-0.2, -0.15) is 0 Å². The van der Waals surface area contributed by atoms with Crippen LogP contribution in [-0.2, 0) is 11.4 Å². The first-order chi connectivity index (χ1) is 13.9. The van der Waals surface area contributed by atoms with Crippen molar-refractivity contribution in [3.05, 3.63) is 62.7 Å². The molecule has 0 saturated heterocycles. The highest BCUT2D eigenvalue weighted by molar-refractivity contribution is 9.11. The molecule has 29 heavy (non-hydrogen) atoms. The van der Waals surface area contributed by atoms with Crippen molar-refractivity contribution in [3.8, 4) is 22.8 Å². The standard InChI is InChI=1S/C21H19Br2NO5/c1-12-7-13(22)8-17(23)21(12)28-11-20(26)24-14-3-5-16(19(9-14)27-2)18-6-4-15(10-25)29-18/h3-9,25H,10-11H2,1-2H3,(H,24,26). The van der Waals surface area contributed by atoms with Crippen molar-refractivity contribution in [1.29, 1.82) is 0 Å².